The van der Waals surface area contributed by atoms with Crippen LogP contribution in [0, 0.1) is 0 Å². The molecule has 7 nitrogen and oxygen atoms in total. The van der Waals surface area contributed by atoms with Crippen molar-refractivity contribution in [3.05, 3.63) is 35.9 Å². The Hall–Kier alpha value is -2.12. The molecule has 1 aromatic rings. The molecule has 0 unspecified atom stereocenters. The van der Waals surface area contributed by atoms with Crippen LogP contribution in [-0.2, 0) is 25.6 Å². The average Bonchev–Trinajstić information content (AvgIpc) is 2.55. The van der Waals surface area contributed by atoms with E-state index >= 15 is 0 Å². The number of carbonyl (C=O) groups is 2. The number of amides is 1. The lowest BCUT2D eigenvalue weighted by atomic mass is 10.2. The number of hydrogen-bond donors (Lipinski definition) is 2. The van der Waals surface area contributed by atoms with Gasteiger partial charge in [-0.2, -0.15) is 0 Å². The molecule has 0 aliphatic rings. The van der Waals surface area contributed by atoms with E-state index in [4.69, 9.17) is 14.2 Å². The number of alkyl carbamates (subject to hydrolysis) is 1. The molecule has 0 aromatic heterocycles. The SMILES string of the molecule is COC(=O)[C@H](COCc1ccccc1)NCCNC(=O)OC(C)(C)C. The zero-order valence-corrected chi connectivity index (χ0v) is 15.3. The molecule has 0 saturated heterocycles. The summed E-state index contributed by atoms with van der Waals surface area (Å²) in [7, 11) is 1.33. The zero-order valence-electron chi connectivity index (χ0n) is 15.3. The number of rotatable bonds is 9. The van der Waals surface area contributed by atoms with E-state index in [2.05, 4.69) is 10.6 Å². The van der Waals surface area contributed by atoms with Gasteiger partial charge in [-0.15, -0.1) is 0 Å². The van der Waals surface area contributed by atoms with Crippen molar-refractivity contribution in [3.63, 3.8) is 0 Å². The highest BCUT2D eigenvalue weighted by Gasteiger charge is 2.19. The predicted octanol–water partition coefficient (Wildman–Crippen LogP) is 1.86. The van der Waals surface area contributed by atoms with Gasteiger partial charge in [0.25, 0.3) is 0 Å². The second-order valence-electron chi connectivity index (χ2n) is 6.46. The summed E-state index contributed by atoms with van der Waals surface area (Å²) >= 11 is 0. The van der Waals surface area contributed by atoms with Gasteiger partial charge in [-0.3, -0.25) is 4.79 Å². The molecule has 0 bridgehead atoms. The fourth-order valence-electron chi connectivity index (χ4n) is 1.95. The standard InChI is InChI=1S/C18H28N2O5/c1-18(2,3)25-17(22)20-11-10-19-15(16(21)23-4)13-24-12-14-8-6-5-7-9-14/h5-9,15,19H,10-13H2,1-4H3,(H,20,22)/t15-/m0/s1. The Balaban J connectivity index is 2.31. The number of ether oxygens (including phenoxy) is 3. The zero-order chi connectivity index (χ0) is 18.7. The summed E-state index contributed by atoms with van der Waals surface area (Å²) in [6.45, 7) is 6.67. The molecule has 7 heteroatoms. The lowest BCUT2D eigenvalue weighted by Crippen LogP contribution is -2.45. The van der Waals surface area contributed by atoms with Crippen molar-refractivity contribution in [2.45, 2.75) is 39.0 Å². The van der Waals surface area contributed by atoms with Gasteiger partial charge in [-0.05, 0) is 26.3 Å². The van der Waals surface area contributed by atoms with Crippen LogP contribution in [0.2, 0.25) is 0 Å². The minimum atomic E-state index is -0.603. The van der Waals surface area contributed by atoms with Gasteiger partial charge in [-0.1, -0.05) is 30.3 Å². The second kappa shape index (κ2) is 10.7. The van der Waals surface area contributed by atoms with E-state index in [1.807, 2.05) is 30.3 Å². The van der Waals surface area contributed by atoms with Crippen LogP contribution in [0.15, 0.2) is 30.3 Å². The molecular formula is C18H28N2O5. The van der Waals surface area contributed by atoms with Gasteiger partial charge in [-0.25, -0.2) is 4.79 Å². The van der Waals surface area contributed by atoms with Crippen molar-refractivity contribution in [3.8, 4) is 0 Å². The van der Waals surface area contributed by atoms with Crippen LogP contribution in [0.1, 0.15) is 26.3 Å². The molecule has 0 fully saturated rings. The molecule has 1 rings (SSSR count). The van der Waals surface area contributed by atoms with Gasteiger partial charge in [0.15, 0.2) is 0 Å². The van der Waals surface area contributed by atoms with Gasteiger partial charge < -0.3 is 24.8 Å². The Morgan fingerprint density at radius 3 is 2.40 bits per heavy atom. The highest BCUT2D eigenvalue weighted by atomic mass is 16.6. The first-order valence-electron chi connectivity index (χ1n) is 8.21. The van der Waals surface area contributed by atoms with Crippen molar-refractivity contribution in [1.82, 2.24) is 10.6 Å². The predicted molar refractivity (Wildman–Crippen MR) is 94.1 cm³/mol. The van der Waals surface area contributed by atoms with Gasteiger partial charge in [0.05, 0.1) is 20.3 Å². The minimum Gasteiger partial charge on any atom is -0.468 e. The largest absolute Gasteiger partial charge is 0.468 e. The normalized spacial score (nSPS) is 12.3. The van der Waals surface area contributed by atoms with E-state index in [0.29, 0.717) is 19.7 Å². The first-order valence-corrected chi connectivity index (χ1v) is 8.21. The summed E-state index contributed by atoms with van der Waals surface area (Å²) in [5.74, 6) is -0.412. The Kier molecular flexibility index (Phi) is 8.94. The molecule has 1 amide bonds. The molecule has 0 spiro atoms. The molecule has 140 valence electrons. The van der Waals surface area contributed by atoms with Gasteiger partial charge in [0.2, 0.25) is 0 Å². The molecule has 0 aliphatic carbocycles. The Morgan fingerprint density at radius 1 is 1.12 bits per heavy atom. The Labute approximate surface area is 149 Å². The monoisotopic (exact) mass is 352 g/mol. The second-order valence-corrected chi connectivity index (χ2v) is 6.46. The highest BCUT2D eigenvalue weighted by Crippen LogP contribution is 2.06. The molecule has 0 heterocycles. The van der Waals surface area contributed by atoms with E-state index in [1.54, 1.807) is 20.8 Å². The third kappa shape index (κ3) is 9.69. The van der Waals surface area contributed by atoms with Crippen LogP contribution in [0.3, 0.4) is 0 Å². The summed E-state index contributed by atoms with van der Waals surface area (Å²) in [6.07, 6.45) is -0.496. The van der Waals surface area contributed by atoms with Gasteiger partial charge in [0.1, 0.15) is 11.6 Å². The molecule has 0 aliphatic heterocycles. The minimum absolute atomic E-state index is 0.175. The summed E-state index contributed by atoms with van der Waals surface area (Å²) in [5, 5.41) is 5.62. The number of benzene rings is 1. The third-order valence-electron chi connectivity index (χ3n) is 3.07. The van der Waals surface area contributed by atoms with E-state index in [1.165, 1.54) is 7.11 Å². The van der Waals surface area contributed by atoms with Crippen LogP contribution in [-0.4, -0.2) is 50.5 Å². The molecule has 1 atom stereocenters. The summed E-state index contributed by atoms with van der Waals surface area (Å²) in [5.41, 5.74) is 0.481. The van der Waals surface area contributed by atoms with Crippen LogP contribution < -0.4 is 10.6 Å². The van der Waals surface area contributed by atoms with E-state index < -0.39 is 23.7 Å². The van der Waals surface area contributed by atoms with Crippen LogP contribution in [0.5, 0.6) is 0 Å². The lowest BCUT2D eigenvalue weighted by molar-refractivity contribution is -0.144. The topological polar surface area (TPSA) is 85.9 Å². The maximum absolute atomic E-state index is 11.8. The van der Waals surface area contributed by atoms with Crippen LogP contribution in [0.4, 0.5) is 4.79 Å². The van der Waals surface area contributed by atoms with E-state index in [9.17, 15) is 9.59 Å². The molecule has 0 radical (unpaired) electrons. The van der Waals surface area contributed by atoms with Gasteiger partial charge >= 0.3 is 12.1 Å². The van der Waals surface area contributed by atoms with Crippen LogP contribution >= 0.6 is 0 Å². The fraction of sp³-hybridized carbons (Fsp3) is 0.556. The summed E-state index contributed by atoms with van der Waals surface area (Å²) in [4.78, 5) is 23.3. The van der Waals surface area contributed by atoms with Crippen molar-refractivity contribution in [2.24, 2.45) is 0 Å². The molecular weight excluding hydrogens is 324 g/mol. The van der Waals surface area contributed by atoms with Crippen molar-refractivity contribution in [1.29, 1.82) is 0 Å². The summed E-state index contributed by atoms with van der Waals surface area (Å²) in [6, 6.07) is 9.08. The maximum atomic E-state index is 11.8. The molecule has 1 aromatic carbocycles. The van der Waals surface area contributed by atoms with Crippen molar-refractivity contribution in [2.75, 3.05) is 26.8 Å². The highest BCUT2D eigenvalue weighted by molar-refractivity contribution is 5.75. The fourth-order valence-corrected chi connectivity index (χ4v) is 1.95. The number of methoxy groups -OCH3 is 1. The third-order valence-corrected chi connectivity index (χ3v) is 3.07. The Bertz CT molecular complexity index is 528. The smallest absolute Gasteiger partial charge is 0.407 e. The number of esters is 1. The van der Waals surface area contributed by atoms with E-state index in [0.717, 1.165) is 5.56 Å². The first-order chi connectivity index (χ1) is 11.8. The maximum Gasteiger partial charge on any atom is 0.407 e. The van der Waals surface area contributed by atoms with Crippen molar-refractivity contribution >= 4 is 12.1 Å². The number of nitrogens with one attached hydrogen (secondary N) is 2. The van der Waals surface area contributed by atoms with Crippen molar-refractivity contribution < 1.29 is 23.8 Å². The summed E-state index contributed by atoms with van der Waals surface area (Å²) < 4.78 is 15.5. The lowest BCUT2D eigenvalue weighted by Gasteiger charge is -2.20. The number of hydrogen-bond acceptors (Lipinski definition) is 6. The van der Waals surface area contributed by atoms with Gasteiger partial charge in [0, 0.05) is 13.1 Å². The number of carbonyl (C=O) groups excluding carboxylic acids is 2. The van der Waals surface area contributed by atoms with E-state index in [-0.39, 0.29) is 6.61 Å². The average molecular weight is 352 g/mol. The molecule has 0 saturated carbocycles. The molecule has 25 heavy (non-hydrogen) atoms. The van der Waals surface area contributed by atoms with Crippen LogP contribution in [0.25, 0.3) is 0 Å². The first kappa shape index (κ1) is 20.9. The Morgan fingerprint density at radius 2 is 1.80 bits per heavy atom. The molecule has 2 N–H and O–H groups in total. The quantitative estimate of drug-likeness (QED) is 0.521.